The van der Waals surface area contributed by atoms with Crippen LogP contribution in [0.2, 0.25) is 0 Å². The molecule has 1 aliphatic rings. The van der Waals surface area contributed by atoms with Crippen molar-refractivity contribution < 1.29 is 58.3 Å². The molecule has 1 saturated carbocycles. The Labute approximate surface area is 340 Å². The maximum Gasteiger partial charge on any atom is 0.472 e. The molecule has 334 valence electrons. The second-order valence-electron chi connectivity index (χ2n) is 16.3. The first kappa shape index (κ1) is 53.4. The maximum absolute atomic E-state index is 12.8. The molecule has 0 aromatic carbocycles. The minimum absolute atomic E-state index is 0.0681. The normalized spacial score (nSPS) is 22.9. The van der Waals surface area contributed by atoms with Gasteiger partial charge in [-0.2, -0.15) is 0 Å². The van der Waals surface area contributed by atoms with Gasteiger partial charge in [0.25, 0.3) is 0 Å². The van der Waals surface area contributed by atoms with Gasteiger partial charge < -0.3 is 39.9 Å². The lowest BCUT2D eigenvalue weighted by Crippen LogP contribution is -2.64. The van der Waals surface area contributed by atoms with Crippen molar-refractivity contribution >= 4 is 13.8 Å². The van der Waals surface area contributed by atoms with Gasteiger partial charge >= 0.3 is 13.8 Å². The van der Waals surface area contributed by atoms with Crippen LogP contribution in [-0.2, 0) is 27.9 Å². The molecule has 1 fully saturated rings. The van der Waals surface area contributed by atoms with Gasteiger partial charge in [0.1, 0.15) is 42.7 Å². The SMILES string of the molecule is CCCCCCCCCCCCCCCCCOCC(COP(=O)(O)OC1C(O)C(O)C(O)C(O)C1O)OC(=O)CCCCCCCCCCCCCCCC. The zero-order valence-corrected chi connectivity index (χ0v) is 36.4. The van der Waals surface area contributed by atoms with Gasteiger partial charge in [-0.3, -0.25) is 13.8 Å². The maximum atomic E-state index is 12.8. The summed E-state index contributed by atoms with van der Waals surface area (Å²) in [4.78, 5) is 23.1. The van der Waals surface area contributed by atoms with Crippen molar-refractivity contribution in [3.05, 3.63) is 0 Å². The molecule has 0 spiro atoms. The molecule has 6 unspecified atom stereocenters. The van der Waals surface area contributed by atoms with Crippen LogP contribution in [-0.4, -0.2) is 98.9 Å². The van der Waals surface area contributed by atoms with Gasteiger partial charge in [0, 0.05) is 13.0 Å². The monoisotopic (exact) mass is 825 g/mol. The lowest BCUT2D eigenvalue weighted by Gasteiger charge is -2.41. The van der Waals surface area contributed by atoms with Crippen LogP contribution in [0.15, 0.2) is 0 Å². The number of hydrogen-bond acceptors (Lipinski definition) is 11. The van der Waals surface area contributed by atoms with Crippen LogP contribution in [0.4, 0.5) is 0 Å². The number of aliphatic hydroxyl groups is 5. The third-order valence-electron chi connectivity index (χ3n) is 11.0. The Morgan fingerprint density at radius 3 is 1.23 bits per heavy atom. The summed E-state index contributed by atoms with van der Waals surface area (Å²) in [5, 5.41) is 50.1. The predicted molar refractivity (Wildman–Crippen MR) is 221 cm³/mol. The Hall–Kier alpha value is -0.660. The van der Waals surface area contributed by atoms with Gasteiger partial charge in [-0.1, -0.05) is 187 Å². The first-order chi connectivity index (χ1) is 27.0. The van der Waals surface area contributed by atoms with Crippen LogP contribution >= 0.6 is 7.82 Å². The van der Waals surface area contributed by atoms with E-state index in [1.54, 1.807) is 0 Å². The van der Waals surface area contributed by atoms with Crippen molar-refractivity contribution in [2.45, 2.75) is 249 Å². The predicted octanol–water partition coefficient (Wildman–Crippen LogP) is 8.98. The van der Waals surface area contributed by atoms with E-state index in [0.717, 1.165) is 38.5 Å². The second-order valence-corrected chi connectivity index (χ2v) is 17.7. The molecular weight excluding hydrogens is 739 g/mol. The molecule has 0 bridgehead atoms. The van der Waals surface area contributed by atoms with Crippen molar-refractivity contribution in [1.29, 1.82) is 0 Å². The molecule has 1 rings (SSSR count). The minimum Gasteiger partial charge on any atom is -0.457 e. The van der Waals surface area contributed by atoms with E-state index in [1.807, 2.05) is 0 Å². The lowest BCUT2D eigenvalue weighted by atomic mass is 9.85. The van der Waals surface area contributed by atoms with Gasteiger partial charge in [0.15, 0.2) is 0 Å². The van der Waals surface area contributed by atoms with Crippen LogP contribution < -0.4 is 0 Å². The van der Waals surface area contributed by atoms with Gasteiger partial charge in [0.2, 0.25) is 0 Å². The molecule has 13 heteroatoms. The highest BCUT2D eigenvalue weighted by atomic mass is 31.2. The number of rotatable bonds is 39. The summed E-state index contributed by atoms with van der Waals surface area (Å²) in [6.07, 6.45) is 23.1. The summed E-state index contributed by atoms with van der Waals surface area (Å²) in [6.45, 7) is 4.29. The van der Waals surface area contributed by atoms with Crippen molar-refractivity contribution in [3.8, 4) is 0 Å². The van der Waals surface area contributed by atoms with Crippen molar-refractivity contribution in [1.82, 2.24) is 0 Å². The number of unbranched alkanes of at least 4 members (excludes halogenated alkanes) is 27. The Morgan fingerprint density at radius 2 is 0.839 bits per heavy atom. The fourth-order valence-electron chi connectivity index (χ4n) is 7.30. The highest BCUT2D eigenvalue weighted by Gasteiger charge is 2.51. The van der Waals surface area contributed by atoms with Gasteiger partial charge in [0.05, 0.1) is 13.2 Å². The van der Waals surface area contributed by atoms with Crippen LogP contribution in [0, 0.1) is 0 Å². The Kier molecular flexibility index (Phi) is 33.5. The van der Waals surface area contributed by atoms with Gasteiger partial charge in [-0.25, -0.2) is 4.57 Å². The summed E-state index contributed by atoms with van der Waals surface area (Å²) in [5.74, 6) is -0.472. The molecule has 6 atom stereocenters. The summed E-state index contributed by atoms with van der Waals surface area (Å²) in [6, 6.07) is 0. The van der Waals surface area contributed by atoms with Crippen molar-refractivity contribution in [2.75, 3.05) is 19.8 Å². The number of esters is 1. The first-order valence-corrected chi connectivity index (χ1v) is 24.4. The fraction of sp³-hybridized carbons (Fsp3) is 0.977. The molecular formula is C43H85O12P. The average molecular weight is 825 g/mol. The zero-order valence-electron chi connectivity index (χ0n) is 35.5. The number of phosphoric ester groups is 1. The van der Waals surface area contributed by atoms with E-state index in [0.29, 0.717) is 13.0 Å². The number of carbonyl (C=O) groups excluding carboxylic acids is 1. The molecule has 6 N–H and O–H groups in total. The van der Waals surface area contributed by atoms with Crippen LogP contribution in [0.3, 0.4) is 0 Å². The highest BCUT2D eigenvalue weighted by molar-refractivity contribution is 7.47. The van der Waals surface area contributed by atoms with Crippen LogP contribution in [0.25, 0.3) is 0 Å². The summed E-state index contributed by atoms with van der Waals surface area (Å²) >= 11 is 0. The molecule has 12 nitrogen and oxygen atoms in total. The zero-order chi connectivity index (χ0) is 41.3. The van der Waals surface area contributed by atoms with Crippen LogP contribution in [0.5, 0.6) is 0 Å². The molecule has 0 aliphatic heterocycles. The molecule has 0 radical (unpaired) electrons. The van der Waals surface area contributed by atoms with Gasteiger partial charge in [-0.05, 0) is 12.8 Å². The van der Waals surface area contributed by atoms with Gasteiger partial charge in [-0.15, -0.1) is 0 Å². The first-order valence-electron chi connectivity index (χ1n) is 22.9. The van der Waals surface area contributed by atoms with E-state index in [1.165, 1.54) is 141 Å². The second kappa shape index (κ2) is 35.1. The third-order valence-corrected chi connectivity index (χ3v) is 12.0. The quantitative estimate of drug-likeness (QED) is 0.0196. The molecule has 56 heavy (non-hydrogen) atoms. The molecule has 0 amide bonds. The Balaban J connectivity index is 2.39. The minimum atomic E-state index is -5.01. The highest BCUT2D eigenvalue weighted by Crippen LogP contribution is 2.47. The van der Waals surface area contributed by atoms with E-state index in [2.05, 4.69) is 13.8 Å². The smallest absolute Gasteiger partial charge is 0.457 e. The van der Waals surface area contributed by atoms with Crippen LogP contribution in [0.1, 0.15) is 206 Å². The van der Waals surface area contributed by atoms with E-state index >= 15 is 0 Å². The molecule has 0 aromatic rings. The lowest BCUT2D eigenvalue weighted by molar-refractivity contribution is -0.220. The van der Waals surface area contributed by atoms with E-state index in [4.69, 9.17) is 18.5 Å². The van der Waals surface area contributed by atoms with E-state index < -0.39 is 63.1 Å². The summed E-state index contributed by atoms with van der Waals surface area (Å²) < 4.78 is 34.2. The largest absolute Gasteiger partial charge is 0.472 e. The number of phosphoric acid groups is 1. The number of aliphatic hydroxyl groups excluding tert-OH is 5. The number of carbonyl (C=O) groups is 1. The summed E-state index contributed by atoms with van der Waals surface area (Å²) in [5.41, 5.74) is 0. The Bertz CT molecular complexity index is 942. The van der Waals surface area contributed by atoms with E-state index in [9.17, 15) is 39.8 Å². The Morgan fingerprint density at radius 1 is 0.500 bits per heavy atom. The molecule has 0 heterocycles. The van der Waals surface area contributed by atoms with Crippen molar-refractivity contribution in [2.24, 2.45) is 0 Å². The average Bonchev–Trinajstić information content (AvgIpc) is 3.18. The topological polar surface area (TPSA) is 192 Å². The third kappa shape index (κ3) is 27.2. The summed E-state index contributed by atoms with van der Waals surface area (Å²) in [7, 11) is -5.01. The van der Waals surface area contributed by atoms with E-state index in [-0.39, 0.29) is 13.0 Å². The fourth-order valence-corrected chi connectivity index (χ4v) is 8.27. The number of hydrogen-bond donors (Lipinski definition) is 6. The molecule has 0 saturated heterocycles. The molecule has 0 aromatic heterocycles. The number of ether oxygens (including phenoxy) is 2. The van der Waals surface area contributed by atoms with Crippen molar-refractivity contribution in [3.63, 3.8) is 0 Å². The standard InChI is InChI=1S/C43H85O12P/c1-3-5-7-9-11-13-15-17-19-21-23-25-27-29-31-33-52-34-36(35-53-56(50,51)55-43-41(48)39(46)38(45)40(47)42(43)49)54-37(44)32-30-28-26-24-22-20-18-16-14-12-10-8-6-4-2/h36,38-43,45-49H,3-35H2,1-2H3,(H,50,51). The molecule has 1 aliphatic carbocycles.